The number of carbonyl (C=O) groups is 3. The molecule has 0 atom stereocenters. The van der Waals surface area contributed by atoms with Gasteiger partial charge in [-0.25, -0.2) is 4.39 Å². The van der Waals surface area contributed by atoms with Crippen molar-refractivity contribution in [1.29, 1.82) is 0 Å². The minimum atomic E-state index is -0.493. The van der Waals surface area contributed by atoms with Crippen LogP contribution in [0.2, 0.25) is 0 Å². The van der Waals surface area contributed by atoms with Gasteiger partial charge in [-0.05, 0) is 48.9 Å². The van der Waals surface area contributed by atoms with E-state index in [9.17, 15) is 18.8 Å². The zero-order chi connectivity index (χ0) is 24.8. The maximum absolute atomic E-state index is 13.4. The fraction of sp³-hybridized carbons (Fsp3) is 0.269. The Labute approximate surface area is 207 Å². The molecule has 2 aromatic carbocycles. The Hall–Kier alpha value is -3.72. The molecule has 4 rings (SSSR count). The third-order valence-corrected chi connectivity index (χ3v) is 6.98. The Morgan fingerprint density at radius 1 is 0.943 bits per heavy atom. The van der Waals surface area contributed by atoms with Crippen LogP contribution >= 0.6 is 11.3 Å². The number of nitrogens with zero attached hydrogens (tertiary/aromatic N) is 2. The SMILES string of the molecule is Cc1cc(NC(=O)c2cccc(F)c2)sc1C(=O)NCCC(=O)N1CCN(c2ccccc2)CC1. The molecular formula is C26H27FN4O3S. The van der Waals surface area contributed by atoms with Crippen molar-refractivity contribution in [2.75, 3.05) is 42.9 Å². The van der Waals surface area contributed by atoms with Crippen LogP contribution in [0.3, 0.4) is 0 Å². The van der Waals surface area contributed by atoms with Crippen molar-refractivity contribution in [3.63, 3.8) is 0 Å². The summed E-state index contributed by atoms with van der Waals surface area (Å²) in [5, 5.41) is 6.00. The van der Waals surface area contributed by atoms with Gasteiger partial charge in [-0.15, -0.1) is 11.3 Å². The van der Waals surface area contributed by atoms with Crippen molar-refractivity contribution in [2.45, 2.75) is 13.3 Å². The number of halogens is 1. The third-order valence-electron chi connectivity index (χ3n) is 5.83. The fourth-order valence-electron chi connectivity index (χ4n) is 3.96. The normalized spacial score (nSPS) is 13.4. The van der Waals surface area contributed by atoms with Gasteiger partial charge >= 0.3 is 0 Å². The van der Waals surface area contributed by atoms with Crippen molar-refractivity contribution in [3.8, 4) is 0 Å². The monoisotopic (exact) mass is 494 g/mol. The predicted octanol–water partition coefficient (Wildman–Crippen LogP) is 3.92. The molecule has 0 bridgehead atoms. The van der Waals surface area contributed by atoms with Crippen molar-refractivity contribution in [1.82, 2.24) is 10.2 Å². The summed E-state index contributed by atoms with van der Waals surface area (Å²) in [6, 6.07) is 17.2. The average molecular weight is 495 g/mol. The molecule has 3 aromatic rings. The van der Waals surface area contributed by atoms with Crippen molar-refractivity contribution < 1.29 is 18.8 Å². The first kappa shape index (κ1) is 24.4. The zero-order valence-electron chi connectivity index (χ0n) is 19.4. The van der Waals surface area contributed by atoms with E-state index in [0.29, 0.717) is 28.5 Å². The van der Waals surface area contributed by atoms with E-state index < -0.39 is 11.7 Å². The number of hydrogen-bond acceptors (Lipinski definition) is 5. The summed E-state index contributed by atoms with van der Waals surface area (Å²) >= 11 is 1.14. The summed E-state index contributed by atoms with van der Waals surface area (Å²) in [5.74, 6) is -1.22. The maximum atomic E-state index is 13.4. The molecule has 0 radical (unpaired) electrons. The average Bonchev–Trinajstić information content (AvgIpc) is 3.24. The molecular weight excluding hydrogens is 467 g/mol. The first-order chi connectivity index (χ1) is 16.9. The van der Waals surface area contributed by atoms with Gasteiger partial charge in [0, 0.05) is 50.4 Å². The Balaban J connectivity index is 1.23. The van der Waals surface area contributed by atoms with E-state index in [2.05, 4.69) is 27.7 Å². The number of piperazine rings is 1. The third kappa shape index (κ3) is 6.24. The van der Waals surface area contributed by atoms with E-state index in [-0.39, 0.29) is 30.3 Å². The molecule has 35 heavy (non-hydrogen) atoms. The van der Waals surface area contributed by atoms with Crippen LogP contribution in [0.15, 0.2) is 60.7 Å². The molecule has 182 valence electrons. The van der Waals surface area contributed by atoms with Crippen molar-refractivity contribution in [2.24, 2.45) is 0 Å². The fourth-order valence-corrected chi connectivity index (χ4v) is 4.94. The van der Waals surface area contributed by atoms with Gasteiger partial charge in [0.05, 0.1) is 9.88 Å². The quantitative estimate of drug-likeness (QED) is 0.522. The molecule has 1 fully saturated rings. The van der Waals surface area contributed by atoms with Gasteiger partial charge in [-0.2, -0.15) is 0 Å². The first-order valence-corrected chi connectivity index (χ1v) is 12.3. The van der Waals surface area contributed by atoms with Crippen LogP contribution in [0.5, 0.6) is 0 Å². The van der Waals surface area contributed by atoms with Crippen LogP contribution in [-0.2, 0) is 4.79 Å². The van der Waals surface area contributed by atoms with E-state index >= 15 is 0 Å². The Bertz CT molecular complexity index is 1210. The molecule has 1 aromatic heterocycles. The summed E-state index contributed by atoms with van der Waals surface area (Å²) < 4.78 is 13.4. The number of amides is 3. The number of carbonyl (C=O) groups excluding carboxylic acids is 3. The molecule has 0 spiro atoms. The van der Waals surface area contributed by atoms with E-state index in [1.54, 1.807) is 13.0 Å². The molecule has 7 nitrogen and oxygen atoms in total. The van der Waals surface area contributed by atoms with Gasteiger partial charge in [0.25, 0.3) is 11.8 Å². The van der Waals surface area contributed by atoms with Gasteiger partial charge in [-0.3, -0.25) is 14.4 Å². The van der Waals surface area contributed by atoms with Gasteiger partial charge < -0.3 is 20.4 Å². The summed E-state index contributed by atoms with van der Waals surface area (Å²) in [6.45, 7) is 4.88. The van der Waals surface area contributed by atoms with Crippen LogP contribution in [0.1, 0.15) is 32.0 Å². The molecule has 1 saturated heterocycles. The minimum absolute atomic E-state index is 0.0176. The van der Waals surface area contributed by atoms with E-state index in [1.807, 2.05) is 23.1 Å². The lowest BCUT2D eigenvalue weighted by Gasteiger charge is -2.36. The highest BCUT2D eigenvalue weighted by atomic mass is 32.1. The molecule has 2 N–H and O–H groups in total. The van der Waals surface area contributed by atoms with Gasteiger partial charge in [0.1, 0.15) is 5.82 Å². The molecule has 0 unspecified atom stereocenters. The molecule has 2 heterocycles. The van der Waals surface area contributed by atoms with Gasteiger partial charge in [-0.1, -0.05) is 24.3 Å². The van der Waals surface area contributed by atoms with Crippen LogP contribution in [-0.4, -0.2) is 55.3 Å². The molecule has 3 amide bonds. The number of para-hydroxylation sites is 1. The molecule has 1 aliphatic rings. The van der Waals surface area contributed by atoms with Gasteiger partial charge in [0.2, 0.25) is 5.91 Å². The Morgan fingerprint density at radius 2 is 1.69 bits per heavy atom. The van der Waals surface area contributed by atoms with Crippen molar-refractivity contribution in [3.05, 3.63) is 82.5 Å². The van der Waals surface area contributed by atoms with E-state index in [1.165, 1.54) is 18.2 Å². The second-order valence-corrected chi connectivity index (χ2v) is 9.35. The second-order valence-electron chi connectivity index (χ2n) is 8.30. The summed E-state index contributed by atoms with van der Waals surface area (Å²) in [5.41, 5.74) is 2.07. The largest absolute Gasteiger partial charge is 0.368 e. The highest BCUT2D eigenvalue weighted by Gasteiger charge is 2.21. The maximum Gasteiger partial charge on any atom is 0.261 e. The number of rotatable bonds is 7. The number of benzene rings is 2. The predicted molar refractivity (Wildman–Crippen MR) is 136 cm³/mol. The van der Waals surface area contributed by atoms with Crippen molar-refractivity contribution >= 4 is 39.7 Å². The zero-order valence-corrected chi connectivity index (χ0v) is 20.2. The number of anilines is 2. The van der Waals surface area contributed by atoms with Crippen LogP contribution in [0.25, 0.3) is 0 Å². The highest BCUT2D eigenvalue weighted by molar-refractivity contribution is 7.18. The summed E-state index contributed by atoms with van der Waals surface area (Å²) in [4.78, 5) is 42.1. The standard InChI is InChI=1S/C26H27FN4O3S/c1-18-16-22(29-25(33)19-6-5-7-20(27)17-19)35-24(18)26(34)28-11-10-23(32)31-14-12-30(13-15-31)21-8-3-2-4-9-21/h2-9,16-17H,10-15H2,1H3,(H,28,34)(H,29,33). The van der Waals surface area contributed by atoms with E-state index in [4.69, 9.17) is 0 Å². The molecule has 0 saturated carbocycles. The smallest absolute Gasteiger partial charge is 0.261 e. The first-order valence-electron chi connectivity index (χ1n) is 11.4. The van der Waals surface area contributed by atoms with Crippen LogP contribution in [0.4, 0.5) is 15.1 Å². The molecule has 1 aliphatic heterocycles. The lowest BCUT2D eigenvalue weighted by atomic mass is 10.2. The number of hydrogen-bond donors (Lipinski definition) is 2. The van der Waals surface area contributed by atoms with Crippen LogP contribution in [0, 0.1) is 12.7 Å². The molecule has 9 heteroatoms. The second kappa shape index (κ2) is 11.1. The topological polar surface area (TPSA) is 81.8 Å². The summed E-state index contributed by atoms with van der Waals surface area (Å²) in [6.07, 6.45) is 0.227. The van der Waals surface area contributed by atoms with Gasteiger partial charge in [0.15, 0.2) is 0 Å². The Morgan fingerprint density at radius 3 is 2.40 bits per heavy atom. The number of nitrogens with one attached hydrogen (secondary N) is 2. The minimum Gasteiger partial charge on any atom is -0.368 e. The number of thiophene rings is 1. The lowest BCUT2D eigenvalue weighted by molar-refractivity contribution is -0.131. The summed E-state index contributed by atoms with van der Waals surface area (Å²) in [7, 11) is 0. The Kier molecular flexibility index (Phi) is 7.77. The molecule has 0 aliphatic carbocycles. The lowest BCUT2D eigenvalue weighted by Crippen LogP contribution is -2.49. The van der Waals surface area contributed by atoms with Crippen LogP contribution < -0.4 is 15.5 Å². The van der Waals surface area contributed by atoms with E-state index in [0.717, 1.165) is 36.2 Å². The highest BCUT2D eigenvalue weighted by Crippen LogP contribution is 2.27. The number of aryl methyl sites for hydroxylation is 1.